The maximum atomic E-state index is 13.3. The molecule has 5 nitrogen and oxygen atoms in total. The first-order chi connectivity index (χ1) is 15.2. The molecular weight excluding hydrogens is 388 g/mol. The van der Waals surface area contributed by atoms with Crippen molar-refractivity contribution in [2.75, 3.05) is 13.7 Å². The van der Waals surface area contributed by atoms with Crippen molar-refractivity contribution >= 4 is 11.8 Å². The van der Waals surface area contributed by atoms with Gasteiger partial charge in [0.15, 0.2) is 0 Å². The van der Waals surface area contributed by atoms with Gasteiger partial charge in [-0.05, 0) is 53.8 Å². The van der Waals surface area contributed by atoms with Crippen molar-refractivity contribution in [3.8, 4) is 16.9 Å². The number of carbonyl (C=O) groups excluding carboxylic acids is 2. The Labute approximate surface area is 182 Å². The van der Waals surface area contributed by atoms with E-state index in [0.29, 0.717) is 25.1 Å². The van der Waals surface area contributed by atoms with Crippen LogP contribution in [0.25, 0.3) is 11.1 Å². The van der Waals surface area contributed by atoms with E-state index in [2.05, 4.69) is 5.32 Å². The summed E-state index contributed by atoms with van der Waals surface area (Å²) >= 11 is 0. The standard InChI is InChI=1S/C26H26N2O3/c1-31-23-13-6-11-21(17-23)20-10-5-12-22(16-20)26(30)28-15-7-14-24(28)25(29)27-18-19-8-3-2-4-9-19/h2-6,8-13,16-17,24H,7,14-15,18H2,1H3,(H,27,29). The third-order valence-electron chi connectivity index (χ3n) is 5.64. The molecular formula is C26H26N2O3. The molecule has 158 valence electrons. The number of nitrogens with one attached hydrogen (secondary N) is 1. The van der Waals surface area contributed by atoms with Crippen LogP contribution >= 0.6 is 0 Å². The van der Waals surface area contributed by atoms with Crippen LogP contribution in [0, 0.1) is 0 Å². The summed E-state index contributed by atoms with van der Waals surface area (Å²) in [5.74, 6) is 0.560. The van der Waals surface area contributed by atoms with Crippen molar-refractivity contribution < 1.29 is 14.3 Å². The minimum absolute atomic E-state index is 0.0985. The molecule has 1 unspecified atom stereocenters. The topological polar surface area (TPSA) is 58.6 Å². The van der Waals surface area contributed by atoms with E-state index in [9.17, 15) is 9.59 Å². The highest BCUT2D eigenvalue weighted by Crippen LogP contribution is 2.26. The number of nitrogens with zero attached hydrogens (tertiary/aromatic N) is 1. The van der Waals surface area contributed by atoms with E-state index in [0.717, 1.165) is 28.9 Å². The van der Waals surface area contributed by atoms with Gasteiger partial charge in [0, 0.05) is 18.7 Å². The quantitative estimate of drug-likeness (QED) is 0.655. The van der Waals surface area contributed by atoms with Crippen molar-refractivity contribution in [1.82, 2.24) is 10.2 Å². The van der Waals surface area contributed by atoms with Crippen LogP contribution in [-0.4, -0.2) is 36.4 Å². The van der Waals surface area contributed by atoms with Gasteiger partial charge in [0.2, 0.25) is 5.91 Å². The first-order valence-corrected chi connectivity index (χ1v) is 10.5. The van der Waals surface area contributed by atoms with E-state index in [4.69, 9.17) is 4.74 Å². The minimum atomic E-state index is -0.434. The third-order valence-corrected chi connectivity index (χ3v) is 5.64. The summed E-state index contributed by atoms with van der Waals surface area (Å²) in [6.07, 6.45) is 1.51. The second-order valence-electron chi connectivity index (χ2n) is 7.67. The molecule has 1 aliphatic rings. The van der Waals surface area contributed by atoms with Crippen molar-refractivity contribution in [2.45, 2.75) is 25.4 Å². The number of likely N-dealkylation sites (tertiary alicyclic amines) is 1. The van der Waals surface area contributed by atoms with E-state index in [1.165, 1.54) is 0 Å². The van der Waals surface area contributed by atoms with Crippen molar-refractivity contribution in [1.29, 1.82) is 0 Å². The Kier molecular flexibility index (Phi) is 6.32. The molecule has 1 heterocycles. The normalized spacial score (nSPS) is 15.5. The fourth-order valence-corrected chi connectivity index (χ4v) is 3.99. The molecule has 1 N–H and O–H groups in total. The van der Waals surface area contributed by atoms with Gasteiger partial charge < -0.3 is 15.0 Å². The van der Waals surface area contributed by atoms with Gasteiger partial charge in [-0.3, -0.25) is 9.59 Å². The predicted octanol–water partition coefficient (Wildman–Crippen LogP) is 4.28. The zero-order valence-corrected chi connectivity index (χ0v) is 17.6. The van der Waals surface area contributed by atoms with Crippen molar-refractivity contribution in [3.63, 3.8) is 0 Å². The number of ether oxygens (including phenoxy) is 1. The zero-order chi connectivity index (χ0) is 21.6. The highest BCUT2D eigenvalue weighted by Gasteiger charge is 2.34. The number of amides is 2. The summed E-state index contributed by atoms with van der Waals surface area (Å²) in [6, 6.07) is 24.6. The smallest absolute Gasteiger partial charge is 0.254 e. The van der Waals surface area contributed by atoms with Crippen LogP contribution in [-0.2, 0) is 11.3 Å². The molecule has 31 heavy (non-hydrogen) atoms. The summed E-state index contributed by atoms with van der Waals surface area (Å²) in [5.41, 5.74) is 3.54. The number of carbonyl (C=O) groups is 2. The van der Waals surface area contributed by atoms with Gasteiger partial charge in [-0.2, -0.15) is 0 Å². The lowest BCUT2D eigenvalue weighted by Crippen LogP contribution is -2.45. The molecule has 1 atom stereocenters. The van der Waals surface area contributed by atoms with Gasteiger partial charge in [0.1, 0.15) is 11.8 Å². The molecule has 0 bridgehead atoms. The van der Waals surface area contributed by atoms with E-state index in [-0.39, 0.29) is 11.8 Å². The molecule has 0 radical (unpaired) electrons. The Bertz CT molecular complexity index is 1070. The second-order valence-corrected chi connectivity index (χ2v) is 7.67. The molecule has 0 aliphatic carbocycles. The van der Waals surface area contributed by atoms with Gasteiger partial charge in [-0.1, -0.05) is 54.6 Å². The molecule has 0 aromatic heterocycles. The number of hydrogen-bond donors (Lipinski definition) is 1. The lowest BCUT2D eigenvalue weighted by Gasteiger charge is -2.24. The summed E-state index contributed by atoms with van der Waals surface area (Å²) in [4.78, 5) is 27.8. The highest BCUT2D eigenvalue weighted by atomic mass is 16.5. The molecule has 3 aromatic rings. The van der Waals surface area contributed by atoms with E-state index < -0.39 is 6.04 Å². The highest BCUT2D eigenvalue weighted by molar-refractivity contribution is 5.98. The molecule has 3 aromatic carbocycles. The molecule has 1 aliphatic heterocycles. The summed E-state index contributed by atoms with van der Waals surface area (Å²) in [6.45, 7) is 1.05. The average molecular weight is 415 g/mol. The first-order valence-electron chi connectivity index (χ1n) is 10.5. The lowest BCUT2D eigenvalue weighted by atomic mass is 10.0. The van der Waals surface area contributed by atoms with Crippen LogP contribution in [0.1, 0.15) is 28.8 Å². The Balaban J connectivity index is 1.48. The Morgan fingerprint density at radius 2 is 1.71 bits per heavy atom. The van der Waals surface area contributed by atoms with Gasteiger partial charge >= 0.3 is 0 Å². The predicted molar refractivity (Wildman–Crippen MR) is 121 cm³/mol. The fourth-order valence-electron chi connectivity index (χ4n) is 3.99. The van der Waals surface area contributed by atoms with E-state index in [1.54, 1.807) is 12.0 Å². The van der Waals surface area contributed by atoms with Crippen molar-refractivity contribution in [2.24, 2.45) is 0 Å². The van der Waals surface area contributed by atoms with Crippen LogP contribution in [0.4, 0.5) is 0 Å². The van der Waals surface area contributed by atoms with Crippen LogP contribution in [0.3, 0.4) is 0 Å². The Hall–Kier alpha value is -3.60. The Morgan fingerprint density at radius 3 is 2.48 bits per heavy atom. The number of rotatable bonds is 6. The molecule has 1 saturated heterocycles. The molecule has 5 heteroatoms. The molecule has 4 rings (SSSR count). The number of benzene rings is 3. The Morgan fingerprint density at radius 1 is 0.968 bits per heavy atom. The van der Waals surface area contributed by atoms with Gasteiger partial charge in [-0.25, -0.2) is 0 Å². The lowest BCUT2D eigenvalue weighted by molar-refractivity contribution is -0.125. The summed E-state index contributed by atoms with van der Waals surface area (Å²) < 4.78 is 5.31. The second kappa shape index (κ2) is 9.47. The maximum absolute atomic E-state index is 13.3. The zero-order valence-electron chi connectivity index (χ0n) is 17.6. The molecule has 0 spiro atoms. The van der Waals surface area contributed by atoms with Crippen LogP contribution in [0.2, 0.25) is 0 Å². The fraction of sp³-hybridized carbons (Fsp3) is 0.231. The monoisotopic (exact) mass is 414 g/mol. The number of methoxy groups -OCH3 is 1. The van der Waals surface area contributed by atoms with Crippen LogP contribution in [0.5, 0.6) is 5.75 Å². The summed E-state index contributed by atoms with van der Waals surface area (Å²) in [5, 5.41) is 2.98. The van der Waals surface area contributed by atoms with Crippen LogP contribution < -0.4 is 10.1 Å². The molecule has 2 amide bonds. The minimum Gasteiger partial charge on any atom is -0.497 e. The van der Waals surface area contributed by atoms with E-state index >= 15 is 0 Å². The van der Waals surface area contributed by atoms with Gasteiger partial charge in [0.05, 0.1) is 7.11 Å². The average Bonchev–Trinajstić information content (AvgIpc) is 3.33. The third kappa shape index (κ3) is 4.77. The maximum Gasteiger partial charge on any atom is 0.254 e. The van der Waals surface area contributed by atoms with E-state index in [1.807, 2.05) is 78.9 Å². The molecule has 1 fully saturated rings. The first kappa shape index (κ1) is 20.7. The SMILES string of the molecule is COc1cccc(-c2cccc(C(=O)N3CCCC3C(=O)NCc3ccccc3)c2)c1. The van der Waals surface area contributed by atoms with Gasteiger partial charge in [-0.15, -0.1) is 0 Å². The molecule has 0 saturated carbocycles. The van der Waals surface area contributed by atoms with Crippen LogP contribution in [0.15, 0.2) is 78.9 Å². The largest absolute Gasteiger partial charge is 0.497 e. The van der Waals surface area contributed by atoms with Crippen molar-refractivity contribution in [3.05, 3.63) is 90.0 Å². The summed E-state index contributed by atoms with van der Waals surface area (Å²) in [7, 11) is 1.63. The number of hydrogen-bond acceptors (Lipinski definition) is 3. The van der Waals surface area contributed by atoms with Gasteiger partial charge in [0.25, 0.3) is 5.91 Å².